The normalized spacial score (nSPS) is 26.5. The molecule has 0 aromatic rings. The highest BCUT2D eigenvalue weighted by Crippen LogP contribution is 2.30. The lowest BCUT2D eigenvalue weighted by Crippen LogP contribution is -2.51. The van der Waals surface area contributed by atoms with Crippen LogP contribution in [0.2, 0.25) is 0 Å². The van der Waals surface area contributed by atoms with Crippen LogP contribution in [0.15, 0.2) is 0 Å². The Labute approximate surface area is 69.3 Å². The first-order valence-electron chi connectivity index (χ1n) is 4.66. The lowest BCUT2D eigenvalue weighted by Gasteiger charge is -2.35. The highest BCUT2D eigenvalue weighted by molar-refractivity contribution is 4.89. The number of rotatable bonds is 2. The third-order valence-electron chi connectivity index (χ3n) is 2.98. The topological polar surface area (TPSA) is 52.0 Å². The molecule has 4 N–H and O–H groups in total. The molecule has 0 radical (unpaired) electrons. The first kappa shape index (κ1) is 9.01. The summed E-state index contributed by atoms with van der Waals surface area (Å²) in [5.41, 5.74) is 11.6. The zero-order valence-corrected chi connectivity index (χ0v) is 7.47. The molecule has 1 fully saturated rings. The van der Waals surface area contributed by atoms with Crippen molar-refractivity contribution in [2.45, 2.75) is 44.6 Å². The summed E-state index contributed by atoms with van der Waals surface area (Å²) in [5.74, 6) is 0.668. The van der Waals surface area contributed by atoms with Gasteiger partial charge < -0.3 is 11.5 Å². The predicted octanol–water partition coefficient (Wildman–Crippen LogP) is 1.24. The monoisotopic (exact) mass is 156 g/mol. The van der Waals surface area contributed by atoms with Crippen molar-refractivity contribution in [3.63, 3.8) is 0 Å². The van der Waals surface area contributed by atoms with Crippen LogP contribution >= 0.6 is 0 Å². The second kappa shape index (κ2) is 3.55. The van der Waals surface area contributed by atoms with Gasteiger partial charge in [-0.2, -0.15) is 0 Å². The summed E-state index contributed by atoms with van der Waals surface area (Å²) in [4.78, 5) is 0. The molecule has 11 heavy (non-hydrogen) atoms. The van der Waals surface area contributed by atoms with Gasteiger partial charge >= 0.3 is 0 Å². The summed E-state index contributed by atoms with van der Waals surface area (Å²) in [7, 11) is 0. The molecule has 0 aliphatic heterocycles. The van der Waals surface area contributed by atoms with E-state index in [9.17, 15) is 0 Å². The van der Waals surface area contributed by atoms with Crippen LogP contribution in [0.5, 0.6) is 0 Å². The molecule has 0 saturated heterocycles. The molecule has 0 bridgehead atoms. The van der Waals surface area contributed by atoms with Crippen molar-refractivity contribution in [2.24, 2.45) is 17.4 Å². The maximum Gasteiger partial charge on any atom is 0.0278 e. The van der Waals surface area contributed by atoms with Crippen LogP contribution in [0.3, 0.4) is 0 Å². The van der Waals surface area contributed by atoms with E-state index in [2.05, 4.69) is 6.92 Å². The van der Waals surface area contributed by atoms with E-state index in [0.717, 1.165) is 0 Å². The Morgan fingerprint density at radius 3 is 2.27 bits per heavy atom. The van der Waals surface area contributed by atoms with Gasteiger partial charge in [0.1, 0.15) is 0 Å². The Morgan fingerprint density at radius 1 is 1.27 bits per heavy atom. The van der Waals surface area contributed by atoms with Gasteiger partial charge in [-0.25, -0.2) is 0 Å². The lowest BCUT2D eigenvalue weighted by atomic mass is 9.76. The largest absolute Gasteiger partial charge is 0.329 e. The molecule has 0 aromatic carbocycles. The lowest BCUT2D eigenvalue weighted by molar-refractivity contribution is 0.228. The Kier molecular flexibility index (Phi) is 2.90. The van der Waals surface area contributed by atoms with Crippen LogP contribution in [0.25, 0.3) is 0 Å². The molecular formula is C9H20N2. The fraction of sp³-hybridized carbons (Fsp3) is 1.00. The van der Waals surface area contributed by atoms with Gasteiger partial charge in [-0.05, 0) is 25.7 Å². The van der Waals surface area contributed by atoms with Crippen LogP contribution in [0.1, 0.15) is 39.0 Å². The molecule has 1 aliphatic carbocycles. The van der Waals surface area contributed by atoms with Gasteiger partial charge in [-0.3, -0.25) is 0 Å². The summed E-state index contributed by atoms with van der Waals surface area (Å²) in [6.45, 7) is 2.71. The summed E-state index contributed by atoms with van der Waals surface area (Å²) >= 11 is 0. The van der Waals surface area contributed by atoms with Crippen LogP contribution in [0, 0.1) is 5.92 Å². The first-order valence-corrected chi connectivity index (χ1v) is 4.66. The summed E-state index contributed by atoms with van der Waals surface area (Å²) in [6, 6.07) is 0. The molecule has 1 saturated carbocycles. The van der Waals surface area contributed by atoms with Gasteiger partial charge in [0.25, 0.3) is 0 Å². The van der Waals surface area contributed by atoms with Gasteiger partial charge in [0.2, 0.25) is 0 Å². The molecular weight excluding hydrogens is 136 g/mol. The molecule has 1 atom stereocenters. The summed E-state index contributed by atoms with van der Waals surface area (Å²) < 4.78 is 0. The Hall–Kier alpha value is -0.0800. The van der Waals surface area contributed by atoms with Crippen molar-refractivity contribution in [1.29, 1.82) is 0 Å². The first-order chi connectivity index (χ1) is 5.17. The van der Waals surface area contributed by atoms with Gasteiger partial charge in [-0.1, -0.05) is 19.3 Å². The molecule has 0 spiro atoms. The van der Waals surface area contributed by atoms with E-state index in [-0.39, 0.29) is 5.54 Å². The van der Waals surface area contributed by atoms with Crippen LogP contribution in [-0.4, -0.2) is 12.1 Å². The minimum absolute atomic E-state index is 0.111. The van der Waals surface area contributed by atoms with E-state index < -0.39 is 0 Å². The van der Waals surface area contributed by atoms with E-state index in [1.54, 1.807) is 0 Å². The van der Waals surface area contributed by atoms with Crippen LogP contribution in [-0.2, 0) is 0 Å². The van der Waals surface area contributed by atoms with Gasteiger partial charge in [0.05, 0.1) is 0 Å². The molecule has 66 valence electrons. The van der Waals surface area contributed by atoms with Crippen molar-refractivity contribution in [3.8, 4) is 0 Å². The number of hydrogen-bond acceptors (Lipinski definition) is 2. The maximum absolute atomic E-state index is 6.07. The van der Waals surface area contributed by atoms with Crippen molar-refractivity contribution < 1.29 is 0 Å². The minimum atomic E-state index is -0.111. The molecule has 2 heteroatoms. The average Bonchev–Trinajstić information content (AvgIpc) is 2.06. The van der Waals surface area contributed by atoms with Crippen molar-refractivity contribution in [1.82, 2.24) is 0 Å². The molecule has 1 rings (SSSR count). The van der Waals surface area contributed by atoms with E-state index in [0.29, 0.717) is 12.5 Å². The summed E-state index contributed by atoms with van der Waals surface area (Å²) in [6.07, 6.45) is 6.64. The fourth-order valence-electron chi connectivity index (χ4n) is 1.93. The average molecular weight is 156 g/mol. The van der Waals surface area contributed by atoms with Crippen molar-refractivity contribution in [3.05, 3.63) is 0 Å². The Bertz CT molecular complexity index is 115. The highest BCUT2D eigenvalue weighted by Gasteiger charge is 2.29. The van der Waals surface area contributed by atoms with Gasteiger partial charge in [-0.15, -0.1) is 0 Å². The third-order valence-corrected chi connectivity index (χ3v) is 2.98. The van der Waals surface area contributed by atoms with E-state index in [4.69, 9.17) is 11.5 Å². The molecule has 1 aliphatic rings. The minimum Gasteiger partial charge on any atom is -0.329 e. The van der Waals surface area contributed by atoms with E-state index >= 15 is 0 Å². The zero-order chi connectivity index (χ0) is 8.32. The number of hydrogen-bond donors (Lipinski definition) is 2. The van der Waals surface area contributed by atoms with Gasteiger partial charge in [0, 0.05) is 12.1 Å². The molecule has 0 aromatic heterocycles. The second-order valence-corrected chi connectivity index (χ2v) is 4.04. The molecule has 1 unspecified atom stereocenters. The van der Waals surface area contributed by atoms with Crippen LogP contribution < -0.4 is 11.5 Å². The maximum atomic E-state index is 6.07. The van der Waals surface area contributed by atoms with E-state index in [1.165, 1.54) is 32.1 Å². The van der Waals surface area contributed by atoms with Crippen molar-refractivity contribution in [2.75, 3.05) is 6.54 Å². The molecule has 0 heterocycles. The third kappa shape index (κ3) is 2.17. The molecule has 2 nitrogen and oxygen atoms in total. The zero-order valence-electron chi connectivity index (χ0n) is 7.47. The summed E-state index contributed by atoms with van der Waals surface area (Å²) in [5, 5.41) is 0. The number of nitrogens with two attached hydrogens (primary N) is 2. The van der Waals surface area contributed by atoms with Crippen molar-refractivity contribution >= 4 is 0 Å². The fourth-order valence-corrected chi connectivity index (χ4v) is 1.93. The Morgan fingerprint density at radius 2 is 1.82 bits per heavy atom. The quantitative estimate of drug-likeness (QED) is 0.632. The SMILES string of the molecule is CC(N)(CN)C1CCCCC1. The second-order valence-electron chi connectivity index (χ2n) is 4.04. The highest BCUT2D eigenvalue weighted by atomic mass is 14.8. The standard InChI is InChI=1S/C9H20N2/c1-9(11,7-10)8-5-3-2-4-6-8/h8H,2-7,10-11H2,1H3. The molecule has 0 amide bonds. The Balaban J connectivity index is 2.43. The van der Waals surface area contributed by atoms with Crippen LogP contribution in [0.4, 0.5) is 0 Å². The predicted molar refractivity (Wildman–Crippen MR) is 48.2 cm³/mol. The van der Waals surface area contributed by atoms with Gasteiger partial charge in [0.15, 0.2) is 0 Å². The van der Waals surface area contributed by atoms with E-state index in [1.807, 2.05) is 0 Å². The smallest absolute Gasteiger partial charge is 0.0278 e.